The van der Waals surface area contributed by atoms with Crippen molar-refractivity contribution in [1.29, 1.82) is 0 Å². The molecule has 1 atom stereocenters. The first-order chi connectivity index (χ1) is 13.0. The lowest BCUT2D eigenvalue weighted by molar-refractivity contribution is -0.123. The van der Waals surface area contributed by atoms with Crippen LogP contribution < -0.4 is 5.32 Å². The molecule has 0 aliphatic heterocycles. The molecule has 0 aliphatic rings. The van der Waals surface area contributed by atoms with E-state index < -0.39 is 23.8 Å². The van der Waals surface area contributed by atoms with Gasteiger partial charge in [-0.3, -0.25) is 4.79 Å². The molecule has 3 rings (SSSR count). The monoisotopic (exact) mass is 387 g/mol. The first-order valence-electron chi connectivity index (χ1n) is 8.07. The van der Waals surface area contributed by atoms with E-state index in [2.05, 4.69) is 5.32 Å². The van der Waals surface area contributed by atoms with Crippen LogP contribution in [0.1, 0.15) is 17.5 Å². The van der Waals surface area contributed by atoms with Gasteiger partial charge in [0.2, 0.25) is 5.76 Å². The van der Waals surface area contributed by atoms with Crippen LogP contribution in [0.4, 0.5) is 10.1 Å². The zero-order valence-corrected chi connectivity index (χ0v) is 15.0. The first kappa shape index (κ1) is 18.7. The Labute approximate surface area is 159 Å². The third-order valence-corrected chi connectivity index (χ3v) is 4.06. The number of hydrogen-bond acceptors (Lipinski definition) is 4. The summed E-state index contributed by atoms with van der Waals surface area (Å²) in [5.74, 6) is -1.80. The minimum absolute atomic E-state index is 0.134. The fourth-order valence-corrected chi connectivity index (χ4v) is 2.51. The molecule has 3 aromatic rings. The topological polar surface area (TPSA) is 68.5 Å². The highest BCUT2D eigenvalue weighted by molar-refractivity contribution is 6.33. The van der Waals surface area contributed by atoms with Gasteiger partial charge < -0.3 is 14.5 Å². The van der Waals surface area contributed by atoms with E-state index in [9.17, 15) is 14.0 Å². The Balaban J connectivity index is 1.66. The maximum atomic E-state index is 13.8. The molecule has 27 heavy (non-hydrogen) atoms. The van der Waals surface area contributed by atoms with Crippen LogP contribution in [0.25, 0.3) is 11.3 Å². The van der Waals surface area contributed by atoms with Gasteiger partial charge in [-0.1, -0.05) is 35.9 Å². The van der Waals surface area contributed by atoms with Crippen LogP contribution in [0, 0.1) is 5.82 Å². The SMILES string of the molecule is C[C@@H](OC(=O)c1ccc(-c2ccccc2F)o1)C(=O)Nc1ccccc1Cl. The number of furan rings is 1. The highest BCUT2D eigenvalue weighted by Gasteiger charge is 2.22. The zero-order chi connectivity index (χ0) is 19.4. The van der Waals surface area contributed by atoms with Gasteiger partial charge in [0.1, 0.15) is 11.6 Å². The second kappa shape index (κ2) is 8.05. The van der Waals surface area contributed by atoms with E-state index in [4.69, 9.17) is 20.8 Å². The molecule has 0 fully saturated rings. The van der Waals surface area contributed by atoms with Crippen LogP contribution >= 0.6 is 11.6 Å². The number of nitrogens with one attached hydrogen (secondary N) is 1. The largest absolute Gasteiger partial charge is 0.449 e. The molecule has 1 aromatic heterocycles. The summed E-state index contributed by atoms with van der Waals surface area (Å²) in [4.78, 5) is 24.4. The summed E-state index contributed by atoms with van der Waals surface area (Å²) in [5, 5.41) is 2.94. The highest BCUT2D eigenvalue weighted by atomic mass is 35.5. The lowest BCUT2D eigenvalue weighted by Gasteiger charge is -2.13. The number of carbonyl (C=O) groups is 2. The molecular weight excluding hydrogens is 373 g/mol. The Kier molecular flexibility index (Phi) is 5.57. The van der Waals surface area contributed by atoms with Crippen molar-refractivity contribution in [3.05, 3.63) is 77.3 Å². The number of benzene rings is 2. The average molecular weight is 388 g/mol. The normalized spacial score (nSPS) is 11.7. The summed E-state index contributed by atoms with van der Waals surface area (Å²) in [5.41, 5.74) is 0.632. The molecule has 0 bridgehead atoms. The molecule has 5 nitrogen and oxygen atoms in total. The van der Waals surface area contributed by atoms with Crippen molar-refractivity contribution in [2.75, 3.05) is 5.32 Å². The van der Waals surface area contributed by atoms with Gasteiger partial charge in [-0.15, -0.1) is 0 Å². The quantitative estimate of drug-likeness (QED) is 0.631. The van der Waals surface area contributed by atoms with Crippen molar-refractivity contribution in [3.63, 3.8) is 0 Å². The van der Waals surface area contributed by atoms with Gasteiger partial charge in [0.05, 0.1) is 16.3 Å². The lowest BCUT2D eigenvalue weighted by atomic mass is 10.1. The molecule has 7 heteroatoms. The number of halogens is 2. The summed E-state index contributed by atoms with van der Waals surface area (Å²) in [7, 11) is 0. The van der Waals surface area contributed by atoms with Gasteiger partial charge in [-0.25, -0.2) is 9.18 Å². The predicted molar refractivity (Wildman–Crippen MR) is 99.1 cm³/mol. The summed E-state index contributed by atoms with van der Waals surface area (Å²) in [6.45, 7) is 1.42. The number of hydrogen-bond donors (Lipinski definition) is 1. The Hall–Kier alpha value is -3.12. The number of amides is 1. The van der Waals surface area contributed by atoms with Gasteiger partial charge in [0.15, 0.2) is 6.10 Å². The maximum absolute atomic E-state index is 13.8. The van der Waals surface area contributed by atoms with E-state index in [1.54, 1.807) is 36.4 Å². The van der Waals surface area contributed by atoms with Crippen molar-refractivity contribution in [3.8, 4) is 11.3 Å². The van der Waals surface area contributed by atoms with Crippen LogP contribution in [0.5, 0.6) is 0 Å². The molecule has 1 N–H and O–H groups in total. The van der Waals surface area contributed by atoms with E-state index in [1.807, 2.05) is 0 Å². The van der Waals surface area contributed by atoms with Gasteiger partial charge in [0.25, 0.3) is 5.91 Å². The Morgan fingerprint density at radius 2 is 1.78 bits per heavy atom. The molecule has 2 aromatic carbocycles. The summed E-state index contributed by atoms with van der Waals surface area (Å²) < 4.78 is 24.3. The zero-order valence-electron chi connectivity index (χ0n) is 14.2. The third-order valence-electron chi connectivity index (χ3n) is 3.73. The molecule has 0 saturated carbocycles. The minimum Gasteiger partial charge on any atom is -0.449 e. The average Bonchev–Trinajstić information content (AvgIpc) is 3.14. The Morgan fingerprint density at radius 1 is 1.07 bits per heavy atom. The van der Waals surface area contributed by atoms with Crippen molar-refractivity contribution in [2.45, 2.75) is 13.0 Å². The molecule has 0 unspecified atom stereocenters. The Bertz CT molecular complexity index is 985. The van der Waals surface area contributed by atoms with E-state index in [0.29, 0.717) is 10.7 Å². The van der Waals surface area contributed by atoms with E-state index in [0.717, 1.165) is 0 Å². The van der Waals surface area contributed by atoms with E-state index >= 15 is 0 Å². The molecule has 138 valence electrons. The number of anilines is 1. The van der Waals surface area contributed by atoms with Crippen LogP contribution in [0.15, 0.2) is 65.1 Å². The second-order valence-corrected chi connectivity index (χ2v) is 6.07. The highest BCUT2D eigenvalue weighted by Crippen LogP contribution is 2.25. The molecule has 1 heterocycles. The van der Waals surface area contributed by atoms with E-state index in [-0.39, 0.29) is 17.1 Å². The van der Waals surface area contributed by atoms with Crippen molar-refractivity contribution < 1.29 is 23.1 Å². The molecule has 0 saturated heterocycles. The lowest BCUT2D eigenvalue weighted by Crippen LogP contribution is -2.30. The second-order valence-electron chi connectivity index (χ2n) is 5.66. The predicted octanol–water partition coefficient (Wildman–Crippen LogP) is 4.92. The maximum Gasteiger partial charge on any atom is 0.375 e. The van der Waals surface area contributed by atoms with Gasteiger partial charge in [0, 0.05) is 0 Å². The van der Waals surface area contributed by atoms with Gasteiger partial charge >= 0.3 is 5.97 Å². The van der Waals surface area contributed by atoms with E-state index in [1.165, 1.54) is 31.2 Å². The number of rotatable bonds is 5. The minimum atomic E-state index is -1.09. The first-order valence-corrected chi connectivity index (χ1v) is 8.44. The molecule has 0 aliphatic carbocycles. The molecular formula is C20H15ClFNO4. The van der Waals surface area contributed by atoms with Crippen molar-refractivity contribution in [2.24, 2.45) is 0 Å². The number of ether oxygens (including phenoxy) is 1. The molecule has 0 spiro atoms. The smallest absolute Gasteiger partial charge is 0.375 e. The number of carbonyl (C=O) groups excluding carboxylic acids is 2. The number of para-hydroxylation sites is 1. The van der Waals surface area contributed by atoms with Crippen LogP contribution in [-0.2, 0) is 9.53 Å². The molecule has 1 amide bonds. The third kappa shape index (κ3) is 4.35. The van der Waals surface area contributed by atoms with Crippen LogP contribution in [0.3, 0.4) is 0 Å². The molecule has 0 radical (unpaired) electrons. The van der Waals surface area contributed by atoms with Gasteiger partial charge in [-0.05, 0) is 43.3 Å². The Morgan fingerprint density at radius 3 is 2.52 bits per heavy atom. The fourth-order valence-electron chi connectivity index (χ4n) is 2.32. The van der Waals surface area contributed by atoms with Crippen molar-refractivity contribution in [1.82, 2.24) is 0 Å². The fraction of sp³-hybridized carbons (Fsp3) is 0.100. The van der Waals surface area contributed by atoms with Crippen molar-refractivity contribution >= 4 is 29.2 Å². The summed E-state index contributed by atoms with van der Waals surface area (Å²) >= 11 is 5.98. The van der Waals surface area contributed by atoms with Crippen LogP contribution in [-0.4, -0.2) is 18.0 Å². The summed E-state index contributed by atoms with van der Waals surface area (Å²) in [6.07, 6.45) is -1.09. The standard InChI is InChI=1S/C20H15ClFNO4/c1-12(19(24)23-16-9-5-3-7-14(16)21)26-20(25)18-11-10-17(27-18)13-6-2-4-8-15(13)22/h2-12H,1H3,(H,23,24)/t12-/m1/s1. The number of esters is 1. The van der Waals surface area contributed by atoms with Gasteiger partial charge in [-0.2, -0.15) is 0 Å². The van der Waals surface area contributed by atoms with Crippen LogP contribution in [0.2, 0.25) is 5.02 Å². The summed E-state index contributed by atoms with van der Waals surface area (Å²) in [6, 6.07) is 15.5.